The Hall–Kier alpha value is -3.40. The summed E-state index contributed by atoms with van der Waals surface area (Å²) in [5, 5.41) is 11.0. The Kier molecular flexibility index (Phi) is 5.59. The topological polar surface area (TPSA) is 101 Å². The van der Waals surface area contributed by atoms with Crippen LogP contribution in [0.3, 0.4) is 0 Å². The molecule has 1 heterocycles. The monoisotopic (exact) mass is 379 g/mol. The van der Waals surface area contributed by atoms with E-state index in [1.165, 1.54) is 24.3 Å². The van der Waals surface area contributed by atoms with Crippen molar-refractivity contribution in [3.63, 3.8) is 0 Å². The number of benzene rings is 1. The molecule has 2 aromatic rings. The molecular weight excluding hydrogens is 358 g/mol. The lowest BCUT2D eigenvalue weighted by atomic mass is 10.1. The minimum Gasteiger partial charge on any atom is -0.454 e. The van der Waals surface area contributed by atoms with Crippen LogP contribution in [0.25, 0.3) is 0 Å². The molecule has 1 amide bonds. The average Bonchev–Trinajstić information content (AvgIpc) is 3.45. The van der Waals surface area contributed by atoms with E-state index in [9.17, 15) is 14.4 Å². The molecule has 28 heavy (non-hydrogen) atoms. The molecule has 1 fully saturated rings. The molecule has 7 heteroatoms. The number of nitrogens with one attached hydrogen (secondary N) is 1. The summed E-state index contributed by atoms with van der Waals surface area (Å²) in [5.41, 5.74) is 3.30. The molecule has 1 aliphatic rings. The Labute approximate surface area is 162 Å². The lowest BCUT2D eigenvalue weighted by Gasteiger charge is -2.08. The Balaban J connectivity index is 1.58. The molecule has 7 nitrogen and oxygen atoms in total. The number of hydrogen-bond donors (Lipinski definition) is 1. The van der Waals surface area contributed by atoms with Crippen molar-refractivity contribution in [1.82, 2.24) is 4.57 Å². The molecule has 1 aromatic carbocycles. The van der Waals surface area contributed by atoms with E-state index in [0.29, 0.717) is 17.3 Å². The number of ketones is 1. The molecule has 0 radical (unpaired) electrons. The van der Waals surface area contributed by atoms with E-state index >= 15 is 0 Å². The zero-order valence-electron chi connectivity index (χ0n) is 15.8. The quantitative estimate of drug-likeness (QED) is 0.587. The summed E-state index contributed by atoms with van der Waals surface area (Å²) in [5.74, 6) is -1.26. The van der Waals surface area contributed by atoms with Crippen LogP contribution in [0.5, 0.6) is 0 Å². The van der Waals surface area contributed by atoms with Crippen molar-refractivity contribution in [3.8, 4) is 6.07 Å². The van der Waals surface area contributed by atoms with E-state index < -0.39 is 11.9 Å². The van der Waals surface area contributed by atoms with Crippen LogP contribution in [-0.2, 0) is 9.53 Å². The first-order valence-corrected chi connectivity index (χ1v) is 9.06. The molecule has 0 aliphatic heterocycles. The van der Waals surface area contributed by atoms with Gasteiger partial charge < -0.3 is 14.6 Å². The fraction of sp³-hybridized carbons (Fsp3) is 0.333. The minimum atomic E-state index is -0.612. The van der Waals surface area contributed by atoms with Crippen LogP contribution >= 0.6 is 0 Å². The molecule has 1 aromatic heterocycles. The Morgan fingerprint density at radius 3 is 2.50 bits per heavy atom. The molecular formula is C21H21N3O4. The number of esters is 1. The highest BCUT2D eigenvalue weighted by atomic mass is 16.5. The van der Waals surface area contributed by atoms with Crippen molar-refractivity contribution in [2.45, 2.75) is 39.2 Å². The number of carbonyl (C=O) groups is 3. The van der Waals surface area contributed by atoms with E-state index in [2.05, 4.69) is 9.88 Å². The molecule has 1 N–H and O–H groups in total. The molecule has 0 saturated heterocycles. The van der Waals surface area contributed by atoms with Crippen molar-refractivity contribution in [2.75, 3.05) is 11.9 Å². The number of aromatic nitrogens is 1. The van der Waals surface area contributed by atoms with E-state index in [-0.39, 0.29) is 24.4 Å². The second-order valence-electron chi connectivity index (χ2n) is 6.85. The van der Waals surface area contributed by atoms with E-state index in [1.54, 1.807) is 6.07 Å². The number of rotatable bonds is 7. The van der Waals surface area contributed by atoms with Crippen molar-refractivity contribution < 1.29 is 19.1 Å². The van der Waals surface area contributed by atoms with Crippen LogP contribution in [0.2, 0.25) is 0 Å². The maximum Gasteiger partial charge on any atom is 0.338 e. The first kappa shape index (κ1) is 19.4. The van der Waals surface area contributed by atoms with Crippen molar-refractivity contribution in [3.05, 3.63) is 52.8 Å². The summed E-state index contributed by atoms with van der Waals surface area (Å²) < 4.78 is 7.33. The summed E-state index contributed by atoms with van der Waals surface area (Å²) in [4.78, 5) is 36.0. The van der Waals surface area contributed by atoms with Gasteiger partial charge in [-0.1, -0.05) is 0 Å². The number of Topliss-reactive ketones (excluding diaryl/α,β-unsaturated/α-hetero) is 1. The Bertz CT molecular complexity index is 963. The van der Waals surface area contributed by atoms with E-state index in [1.807, 2.05) is 19.9 Å². The summed E-state index contributed by atoms with van der Waals surface area (Å²) in [7, 11) is 0. The highest BCUT2D eigenvalue weighted by molar-refractivity contribution is 6.00. The first-order valence-electron chi connectivity index (χ1n) is 9.06. The van der Waals surface area contributed by atoms with Gasteiger partial charge in [0.1, 0.15) is 6.42 Å². The third kappa shape index (κ3) is 4.29. The maximum atomic E-state index is 12.5. The Morgan fingerprint density at radius 1 is 1.21 bits per heavy atom. The van der Waals surface area contributed by atoms with Gasteiger partial charge in [-0.15, -0.1) is 0 Å². The van der Waals surface area contributed by atoms with Crippen LogP contribution in [0.1, 0.15) is 57.4 Å². The molecule has 144 valence electrons. The number of ether oxygens (including phenoxy) is 1. The van der Waals surface area contributed by atoms with Gasteiger partial charge in [-0.05, 0) is 57.0 Å². The van der Waals surface area contributed by atoms with Gasteiger partial charge in [0, 0.05) is 28.7 Å². The zero-order chi connectivity index (χ0) is 20.3. The molecule has 1 aliphatic carbocycles. The number of carbonyl (C=O) groups excluding carboxylic acids is 3. The minimum absolute atomic E-state index is 0.228. The summed E-state index contributed by atoms with van der Waals surface area (Å²) in [6.45, 7) is 3.57. The largest absolute Gasteiger partial charge is 0.454 e. The molecule has 0 bridgehead atoms. The normalized spacial score (nSPS) is 12.9. The number of nitrogens with zero attached hydrogens (tertiary/aromatic N) is 2. The summed E-state index contributed by atoms with van der Waals surface area (Å²) in [6, 6.07) is 10.2. The van der Waals surface area contributed by atoms with Gasteiger partial charge >= 0.3 is 5.97 Å². The molecule has 3 rings (SSSR count). The van der Waals surface area contributed by atoms with E-state index in [0.717, 1.165) is 24.2 Å². The highest BCUT2D eigenvalue weighted by Crippen LogP contribution is 2.38. The van der Waals surface area contributed by atoms with Gasteiger partial charge in [0.15, 0.2) is 6.61 Å². The highest BCUT2D eigenvalue weighted by Gasteiger charge is 2.28. The van der Waals surface area contributed by atoms with Gasteiger partial charge in [-0.25, -0.2) is 4.79 Å². The predicted octanol–water partition coefficient (Wildman–Crippen LogP) is 3.33. The van der Waals surface area contributed by atoms with Crippen LogP contribution in [0.4, 0.5) is 5.69 Å². The van der Waals surface area contributed by atoms with Crippen LogP contribution in [0, 0.1) is 25.2 Å². The Morgan fingerprint density at radius 2 is 1.89 bits per heavy atom. The van der Waals surface area contributed by atoms with Gasteiger partial charge in [-0.3, -0.25) is 9.59 Å². The van der Waals surface area contributed by atoms with Crippen LogP contribution in [-0.4, -0.2) is 28.8 Å². The van der Waals surface area contributed by atoms with Gasteiger partial charge in [0.05, 0.1) is 11.6 Å². The fourth-order valence-electron chi connectivity index (χ4n) is 3.21. The second kappa shape index (κ2) is 8.09. The standard InChI is InChI=1S/C21H21N3O4/c1-13-11-18(14(2)24(13)17-7-8-17)19(25)12-28-21(27)15-3-5-16(6-4-15)23-20(26)9-10-22/h3-6,11,17H,7-9,12H2,1-2H3,(H,23,26). The molecule has 0 spiro atoms. The van der Waals surface area contributed by atoms with Crippen LogP contribution < -0.4 is 5.32 Å². The predicted molar refractivity (Wildman–Crippen MR) is 102 cm³/mol. The second-order valence-corrected chi connectivity index (χ2v) is 6.85. The third-order valence-electron chi connectivity index (χ3n) is 4.68. The average molecular weight is 379 g/mol. The first-order chi connectivity index (χ1) is 13.4. The number of nitriles is 1. The third-order valence-corrected chi connectivity index (χ3v) is 4.68. The molecule has 0 atom stereocenters. The van der Waals surface area contributed by atoms with E-state index in [4.69, 9.17) is 10.00 Å². The fourth-order valence-corrected chi connectivity index (χ4v) is 3.21. The van der Waals surface area contributed by atoms with Gasteiger partial charge in [0.2, 0.25) is 11.7 Å². The lowest BCUT2D eigenvalue weighted by molar-refractivity contribution is -0.115. The SMILES string of the molecule is Cc1cc(C(=O)COC(=O)c2ccc(NC(=O)CC#N)cc2)c(C)n1C1CC1. The summed E-state index contributed by atoms with van der Waals surface area (Å²) in [6.07, 6.45) is 2.02. The zero-order valence-corrected chi connectivity index (χ0v) is 15.8. The number of amides is 1. The lowest BCUT2D eigenvalue weighted by Crippen LogP contribution is -2.15. The van der Waals surface area contributed by atoms with Crippen molar-refractivity contribution in [2.24, 2.45) is 0 Å². The molecule has 1 saturated carbocycles. The van der Waals surface area contributed by atoms with Crippen molar-refractivity contribution >= 4 is 23.3 Å². The number of anilines is 1. The maximum absolute atomic E-state index is 12.5. The van der Waals surface area contributed by atoms with Crippen molar-refractivity contribution in [1.29, 1.82) is 5.26 Å². The van der Waals surface area contributed by atoms with Gasteiger partial charge in [-0.2, -0.15) is 5.26 Å². The number of aryl methyl sites for hydroxylation is 1. The van der Waals surface area contributed by atoms with Gasteiger partial charge in [0.25, 0.3) is 0 Å². The number of hydrogen-bond acceptors (Lipinski definition) is 5. The summed E-state index contributed by atoms with van der Waals surface area (Å²) >= 11 is 0. The smallest absolute Gasteiger partial charge is 0.338 e. The van der Waals surface area contributed by atoms with Crippen LogP contribution in [0.15, 0.2) is 30.3 Å². The molecule has 0 unspecified atom stereocenters.